The van der Waals surface area contributed by atoms with E-state index in [1.165, 1.54) is 0 Å². The molecule has 2 heterocycles. The number of imidazole rings is 1. The zero-order valence-corrected chi connectivity index (χ0v) is 16.7. The van der Waals surface area contributed by atoms with E-state index >= 15 is 0 Å². The van der Waals surface area contributed by atoms with E-state index in [9.17, 15) is 4.79 Å². The molecule has 1 amide bonds. The number of rotatable bonds is 5. The molecule has 0 saturated carbocycles. The van der Waals surface area contributed by atoms with Gasteiger partial charge in [0.25, 0.3) is 0 Å². The molecule has 0 bridgehead atoms. The van der Waals surface area contributed by atoms with Crippen LogP contribution in [0, 0.1) is 0 Å². The summed E-state index contributed by atoms with van der Waals surface area (Å²) in [5.74, 6) is 1.45. The van der Waals surface area contributed by atoms with Crippen LogP contribution in [0.4, 0.5) is 0 Å². The van der Waals surface area contributed by atoms with Gasteiger partial charge in [-0.2, -0.15) is 0 Å². The number of nitrogens with one attached hydrogen (secondary N) is 1. The molecule has 1 fully saturated rings. The zero-order chi connectivity index (χ0) is 17.8. The van der Waals surface area contributed by atoms with Crippen molar-refractivity contribution < 1.29 is 9.53 Å². The SMILES string of the molecule is Cl.Cn1ccnc1C1CNCCN1C(=O)CCOc1ccc(Cl)cc1Cl. The maximum atomic E-state index is 12.7. The molecule has 1 atom stereocenters. The summed E-state index contributed by atoms with van der Waals surface area (Å²) in [6.45, 7) is 2.38. The minimum absolute atomic E-state index is 0. The second-order valence-electron chi connectivity index (χ2n) is 5.88. The van der Waals surface area contributed by atoms with Gasteiger partial charge in [-0.25, -0.2) is 4.98 Å². The molecule has 9 heteroatoms. The molecule has 1 saturated heterocycles. The fraction of sp³-hybridized carbons (Fsp3) is 0.412. The van der Waals surface area contributed by atoms with E-state index in [1.54, 1.807) is 24.4 Å². The van der Waals surface area contributed by atoms with Gasteiger partial charge < -0.3 is 19.5 Å². The van der Waals surface area contributed by atoms with Gasteiger partial charge >= 0.3 is 0 Å². The van der Waals surface area contributed by atoms with Crippen molar-refractivity contribution in [3.63, 3.8) is 0 Å². The topological polar surface area (TPSA) is 59.4 Å². The largest absolute Gasteiger partial charge is 0.491 e. The minimum atomic E-state index is -0.0691. The highest BCUT2D eigenvalue weighted by atomic mass is 35.5. The number of hydrogen-bond acceptors (Lipinski definition) is 4. The van der Waals surface area contributed by atoms with Crippen molar-refractivity contribution in [1.82, 2.24) is 19.8 Å². The van der Waals surface area contributed by atoms with Crippen molar-refractivity contribution in [1.29, 1.82) is 0 Å². The van der Waals surface area contributed by atoms with Crippen molar-refractivity contribution in [3.8, 4) is 5.75 Å². The highest BCUT2D eigenvalue weighted by Crippen LogP contribution is 2.28. The standard InChI is InChI=1S/C17H20Cl2N4O2.ClH/c1-22-7-6-21-17(22)14-11-20-5-8-23(14)16(24)4-9-25-15-3-2-12(18)10-13(15)19;/h2-3,6-7,10,14,20H,4-5,8-9,11H2,1H3;1H. The van der Waals surface area contributed by atoms with Crippen LogP contribution in [-0.4, -0.2) is 46.6 Å². The van der Waals surface area contributed by atoms with Gasteiger partial charge in [0.15, 0.2) is 0 Å². The first-order chi connectivity index (χ1) is 12.1. The molecular formula is C17H21Cl3N4O2. The number of ether oxygens (including phenoxy) is 1. The van der Waals surface area contributed by atoms with Gasteiger partial charge in [0.1, 0.15) is 17.6 Å². The summed E-state index contributed by atoms with van der Waals surface area (Å²) in [4.78, 5) is 18.9. The van der Waals surface area contributed by atoms with Crippen LogP contribution in [0.15, 0.2) is 30.6 Å². The lowest BCUT2D eigenvalue weighted by Gasteiger charge is -2.35. The fourth-order valence-electron chi connectivity index (χ4n) is 2.92. The Labute approximate surface area is 168 Å². The quantitative estimate of drug-likeness (QED) is 0.809. The Morgan fingerprint density at radius 3 is 2.92 bits per heavy atom. The Balaban J connectivity index is 0.00000243. The molecule has 1 aromatic heterocycles. The van der Waals surface area contributed by atoms with Crippen molar-refractivity contribution in [2.45, 2.75) is 12.5 Å². The summed E-state index contributed by atoms with van der Waals surface area (Å²) in [6, 6.07) is 4.96. The van der Waals surface area contributed by atoms with Crippen LogP contribution < -0.4 is 10.1 Å². The number of benzene rings is 1. The van der Waals surface area contributed by atoms with Crippen molar-refractivity contribution in [3.05, 3.63) is 46.5 Å². The Kier molecular flexibility index (Phi) is 7.58. The van der Waals surface area contributed by atoms with E-state index < -0.39 is 0 Å². The van der Waals surface area contributed by atoms with Crippen LogP contribution >= 0.6 is 35.6 Å². The first-order valence-electron chi connectivity index (χ1n) is 8.11. The Hall–Kier alpha value is -1.47. The second-order valence-corrected chi connectivity index (χ2v) is 6.72. The number of hydrogen-bond donors (Lipinski definition) is 1. The van der Waals surface area contributed by atoms with Crippen LogP contribution in [0.1, 0.15) is 18.3 Å². The maximum Gasteiger partial charge on any atom is 0.226 e. The molecule has 26 heavy (non-hydrogen) atoms. The van der Waals surface area contributed by atoms with Crippen molar-refractivity contribution in [2.24, 2.45) is 7.05 Å². The van der Waals surface area contributed by atoms with Crippen LogP contribution in [0.25, 0.3) is 0 Å². The number of nitrogens with zero attached hydrogens (tertiary/aromatic N) is 3. The zero-order valence-electron chi connectivity index (χ0n) is 14.3. The number of amides is 1. The van der Waals surface area contributed by atoms with E-state index in [4.69, 9.17) is 27.9 Å². The van der Waals surface area contributed by atoms with Crippen LogP contribution in [0.3, 0.4) is 0 Å². The lowest BCUT2D eigenvalue weighted by Crippen LogP contribution is -2.49. The van der Waals surface area contributed by atoms with Gasteiger partial charge in [-0.15, -0.1) is 12.4 Å². The van der Waals surface area contributed by atoms with Crippen molar-refractivity contribution >= 4 is 41.5 Å². The fourth-order valence-corrected chi connectivity index (χ4v) is 3.38. The lowest BCUT2D eigenvalue weighted by atomic mass is 10.1. The van der Waals surface area contributed by atoms with Crippen LogP contribution in [-0.2, 0) is 11.8 Å². The average Bonchev–Trinajstić information content (AvgIpc) is 3.02. The van der Waals surface area contributed by atoms with Crippen molar-refractivity contribution in [2.75, 3.05) is 26.2 Å². The summed E-state index contributed by atoms with van der Waals surface area (Å²) in [7, 11) is 1.94. The molecule has 1 aliphatic rings. The Morgan fingerprint density at radius 1 is 1.42 bits per heavy atom. The predicted octanol–water partition coefficient (Wildman–Crippen LogP) is 3.09. The molecule has 1 aromatic carbocycles. The van der Waals surface area contributed by atoms with E-state index in [0.717, 1.165) is 12.4 Å². The third kappa shape index (κ3) is 4.82. The Bertz CT molecular complexity index is 753. The number of carbonyl (C=O) groups excluding carboxylic acids is 1. The molecule has 1 unspecified atom stereocenters. The van der Waals surface area contributed by atoms with E-state index in [2.05, 4.69) is 10.3 Å². The van der Waals surface area contributed by atoms with Gasteiger partial charge in [0.2, 0.25) is 5.91 Å². The normalized spacial score (nSPS) is 16.9. The highest BCUT2D eigenvalue weighted by molar-refractivity contribution is 6.35. The Morgan fingerprint density at radius 2 is 2.23 bits per heavy atom. The third-order valence-electron chi connectivity index (χ3n) is 4.19. The monoisotopic (exact) mass is 418 g/mol. The molecule has 2 aromatic rings. The third-order valence-corrected chi connectivity index (χ3v) is 4.72. The molecule has 0 aliphatic carbocycles. The molecule has 1 N–H and O–H groups in total. The summed E-state index contributed by atoms with van der Waals surface area (Å²) in [6.07, 6.45) is 3.91. The summed E-state index contributed by atoms with van der Waals surface area (Å²) in [5, 5.41) is 4.31. The number of piperazine rings is 1. The van der Waals surface area contributed by atoms with E-state index in [1.807, 2.05) is 22.7 Å². The molecule has 0 radical (unpaired) electrons. The van der Waals surface area contributed by atoms with Crippen LogP contribution in [0.5, 0.6) is 5.75 Å². The smallest absolute Gasteiger partial charge is 0.226 e. The predicted molar refractivity (Wildman–Crippen MR) is 104 cm³/mol. The number of aromatic nitrogens is 2. The lowest BCUT2D eigenvalue weighted by molar-refractivity contribution is -0.135. The maximum absolute atomic E-state index is 12.7. The number of carbonyl (C=O) groups is 1. The number of halogens is 3. The number of aryl methyl sites for hydroxylation is 1. The molecule has 1 aliphatic heterocycles. The minimum Gasteiger partial charge on any atom is -0.491 e. The van der Waals surface area contributed by atoms with Gasteiger partial charge in [-0.3, -0.25) is 4.79 Å². The first-order valence-corrected chi connectivity index (χ1v) is 8.87. The molecule has 142 valence electrons. The summed E-state index contributed by atoms with van der Waals surface area (Å²) in [5.41, 5.74) is 0. The highest BCUT2D eigenvalue weighted by Gasteiger charge is 2.30. The molecule has 0 spiro atoms. The summed E-state index contributed by atoms with van der Waals surface area (Å²) >= 11 is 11.9. The molecular weight excluding hydrogens is 399 g/mol. The van der Waals surface area contributed by atoms with Gasteiger partial charge in [-0.05, 0) is 18.2 Å². The second kappa shape index (κ2) is 9.46. The molecule has 3 rings (SSSR count). The average molecular weight is 420 g/mol. The van der Waals surface area contributed by atoms with Gasteiger partial charge in [0, 0.05) is 44.1 Å². The van der Waals surface area contributed by atoms with E-state index in [0.29, 0.717) is 28.9 Å². The van der Waals surface area contributed by atoms with E-state index in [-0.39, 0.29) is 37.4 Å². The van der Waals surface area contributed by atoms with Gasteiger partial charge in [-0.1, -0.05) is 23.2 Å². The van der Waals surface area contributed by atoms with Gasteiger partial charge in [0.05, 0.1) is 18.1 Å². The molecule has 6 nitrogen and oxygen atoms in total. The first kappa shape index (κ1) is 20.8. The summed E-state index contributed by atoms with van der Waals surface area (Å²) < 4.78 is 7.57. The van der Waals surface area contributed by atoms with Crippen LogP contribution in [0.2, 0.25) is 10.0 Å².